The highest BCUT2D eigenvalue weighted by molar-refractivity contribution is 6.05. The molecule has 1 heterocycles. The highest BCUT2D eigenvalue weighted by Crippen LogP contribution is 2.34. The molecule has 0 radical (unpaired) electrons. The molecule has 8 nitrogen and oxygen atoms in total. The molecule has 0 saturated heterocycles. The Bertz CT molecular complexity index is 1170. The van der Waals surface area contributed by atoms with Crippen molar-refractivity contribution in [2.24, 2.45) is 5.92 Å². The predicted octanol–water partition coefficient (Wildman–Crippen LogP) is 3.33. The molecule has 4 rings (SSSR count). The van der Waals surface area contributed by atoms with E-state index in [2.05, 4.69) is 26.4 Å². The minimum Gasteiger partial charge on any atom is -0.330 e. The molecule has 1 saturated carbocycles. The Morgan fingerprint density at radius 3 is 2.38 bits per heavy atom. The number of aromatic amines is 1. The lowest BCUT2D eigenvalue weighted by Gasteiger charge is -2.31. The van der Waals surface area contributed by atoms with Gasteiger partial charge in [-0.05, 0) is 42.5 Å². The first-order valence-electron chi connectivity index (χ1n) is 10.6. The molecule has 166 valence electrons. The summed E-state index contributed by atoms with van der Waals surface area (Å²) in [5, 5.41) is 9.72. The molecule has 3 amide bonds. The fraction of sp³-hybridized carbons (Fsp3) is 0.304. The predicted molar refractivity (Wildman–Crippen MR) is 117 cm³/mol. The molecular formula is C23H24FN5O3. The number of halogens is 1. The van der Waals surface area contributed by atoms with Crippen molar-refractivity contribution < 1.29 is 14.0 Å². The molecule has 4 N–H and O–H groups in total. The van der Waals surface area contributed by atoms with E-state index in [1.807, 2.05) is 0 Å². The Morgan fingerprint density at radius 2 is 1.66 bits per heavy atom. The van der Waals surface area contributed by atoms with Crippen LogP contribution in [0.3, 0.4) is 0 Å². The van der Waals surface area contributed by atoms with Crippen molar-refractivity contribution in [1.29, 1.82) is 0 Å². The zero-order chi connectivity index (χ0) is 22.5. The molecule has 0 bridgehead atoms. The van der Waals surface area contributed by atoms with Gasteiger partial charge in [-0.15, -0.1) is 0 Å². The van der Waals surface area contributed by atoms with Crippen molar-refractivity contribution in [3.63, 3.8) is 0 Å². The maximum atomic E-state index is 13.4. The van der Waals surface area contributed by atoms with Crippen LogP contribution in [0.25, 0.3) is 10.8 Å². The fourth-order valence-corrected chi connectivity index (χ4v) is 4.25. The molecule has 3 aromatic rings. The lowest BCUT2D eigenvalue weighted by Crippen LogP contribution is -2.49. The van der Waals surface area contributed by atoms with Gasteiger partial charge in [0.25, 0.3) is 11.5 Å². The lowest BCUT2D eigenvalue weighted by atomic mass is 9.81. The van der Waals surface area contributed by atoms with Gasteiger partial charge in [0.05, 0.1) is 11.4 Å². The van der Waals surface area contributed by atoms with E-state index in [0.717, 1.165) is 37.7 Å². The summed E-state index contributed by atoms with van der Waals surface area (Å²) in [6.07, 6.45) is 5.24. The maximum Gasteiger partial charge on any atom is 0.333 e. The van der Waals surface area contributed by atoms with Crippen molar-refractivity contribution in [2.45, 2.75) is 38.1 Å². The second-order valence-corrected chi connectivity index (χ2v) is 7.93. The number of hydrogen-bond donors (Lipinski definition) is 4. The van der Waals surface area contributed by atoms with Gasteiger partial charge in [-0.25, -0.2) is 19.7 Å². The Balaban J connectivity index is 1.45. The SMILES string of the molecule is O=C(NNC(=O)c1n[nH]c(=O)c2ccccc12)NC(c1ccc(F)cc1)C1CCCCC1. The van der Waals surface area contributed by atoms with E-state index in [4.69, 9.17) is 0 Å². The summed E-state index contributed by atoms with van der Waals surface area (Å²) in [6, 6.07) is 11.8. The number of hydrazine groups is 1. The molecule has 1 fully saturated rings. The third-order valence-electron chi connectivity index (χ3n) is 5.84. The standard InChI is InChI=1S/C23H24FN5O3/c24-16-12-10-15(11-13-16)19(14-6-2-1-3-7-14)25-23(32)29-28-22(31)20-17-8-4-5-9-18(17)21(30)27-26-20/h4-5,8-14,19H,1-3,6-7H2,(H,27,30)(H,28,31)(H2,25,29,32). The summed E-state index contributed by atoms with van der Waals surface area (Å²) in [6.45, 7) is 0. The number of fused-ring (bicyclic) bond motifs is 1. The largest absolute Gasteiger partial charge is 0.333 e. The van der Waals surface area contributed by atoms with Gasteiger partial charge >= 0.3 is 6.03 Å². The quantitative estimate of drug-likeness (QED) is 0.469. The first-order chi connectivity index (χ1) is 15.5. The van der Waals surface area contributed by atoms with Gasteiger partial charge in [0.15, 0.2) is 5.69 Å². The van der Waals surface area contributed by atoms with Crippen LogP contribution in [0.15, 0.2) is 53.3 Å². The van der Waals surface area contributed by atoms with Crippen LogP contribution < -0.4 is 21.7 Å². The van der Waals surface area contributed by atoms with Crippen LogP contribution in [-0.2, 0) is 0 Å². The Kier molecular flexibility index (Phi) is 6.44. The van der Waals surface area contributed by atoms with E-state index in [1.165, 1.54) is 12.1 Å². The number of carbonyl (C=O) groups is 2. The van der Waals surface area contributed by atoms with Gasteiger partial charge in [0, 0.05) is 5.39 Å². The molecule has 1 atom stereocenters. The lowest BCUT2D eigenvalue weighted by molar-refractivity contribution is 0.0931. The Labute approximate surface area is 183 Å². The third kappa shape index (κ3) is 4.77. The second kappa shape index (κ2) is 9.59. The third-order valence-corrected chi connectivity index (χ3v) is 5.84. The van der Waals surface area contributed by atoms with Crippen LogP contribution in [0.2, 0.25) is 0 Å². The number of hydrogen-bond acceptors (Lipinski definition) is 4. The molecule has 2 aromatic carbocycles. The van der Waals surface area contributed by atoms with E-state index in [9.17, 15) is 18.8 Å². The number of nitrogens with zero attached hydrogens (tertiary/aromatic N) is 1. The summed E-state index contributed by atoms with van der Waals surface area (Å²) in [4.78, 5) is 37.1. The van der Waals surface area contributed by atoms with E-state index in [1.54, 1.807) is 36.4 Å². The molecule has 9 heteroatoms. The van der Waals surface area contributed by atoms with Crippen LogP contribution in [0.1, 0.15) is 54.2 Å². The van der Waals surface area contributed by atoms with Gasteiger partial charge < -0.3 is 5.32 Å². The topological polar surface area (TPSA) is 116 Å². The Morgan fingerprint density at radius 1 is 0.969 bits per heavy atom. The van der Waals surface area contributed by atoms with E-state index in [0.29, 0.717) is 10.8 Å². The highest BCUT2D eigenvalue weighted by Gasteiger charge is 2.27. The van der Waals surface area contributed by atoms with Gasteiger partial charge in [-0.2, -0.15) is 5.10 Å². The Hall–Kier alpha value is -3.75. The number of rotatable bonds is 4. The van der Waals surface area contributed by atoms with Crippen LogP contribution in [0.5, 0.6) is 0 Å². The summed E-state index contributed by atoms with van der Waals surface area (Å²) in [5.74, 6) is -0.780. The normalized spacial score (nSPS) is 15.2. The molecule has 0 spiro atoms. The monoisotopic (exact) mass is 437 g/mol. The number of aromatic nitrogens is 2. The van der Waals surface area contributed by atoms with Crippen molar-refractivity contribution >= 4 is 22.7 Å². The summed E-state index contributed by atoms with van der Waals surface area (Å²) >= 11 is 0. The van der Waals surface area contributed by atoms with Crippen molar-refractivity contribution in [1.82, 2.24) is 26.4 Å². The summed E-state index contributed by atoms with van der Waals surface area (Å²) in [5.41, 5.74) is 5.09. The molecular weight excluding hydrogens is 413 g/mol. The smallest absolute Gasteiger partial charge is 0.330 e. The van der Waals surface area contributed by atoms with Crippen LogP contribution in [0, 0.1) is 11.7 Å². The first-order valence-corrected chi connectivity index (χ1v) is 10.6. The fourth-order valence-electron chi connectivity index (χ4n) is 4.25. The van der Waals surface area contributed by atoms with Crippen LogP contribution in [-0.4, -0.2) is 22.1 Å². The van der Waals surface area contributed by atoms with Crippen molar-refractivity contribution in [3.05, 3.63) is 76.0 Å². The maximum absolute atomic E-state index is 13.4. The molecule has 32 heavy (non-hydrogen) atoms. The van der Waals surface area contributed by atoms with Crippen LogP contribution in [0.4, 0.5) is 9.18 Å². The average Bonchev–Trinajstić information content (AvgIpc) is 2.83. The average molecular weight is 437 g/mol. The molecule has 0 aliphatic heterocycles. The minimum absolute atomic E-state index is 0.0112. The van der Waals surface area contributed by atoms with Gasteiger partial charge in [0.1, 0.15) is 5.82 Å². The summed E-state index contributed by atoms with van der Waals surface area (Å²) in [7, 11) is 0. The van der Waals surface area contributed by atoms with E-state index < -0.39 is 17.5 Å². The van der Waals surface area contributed by atoms with Gasteiger partial charge in [0.2, 0.25) is 0 Å². The number of nitrogens with one attached hydrogen (secondary N) is 4. The zero-order valence-electron chi connectivity index (χ0n) is 17.4. The number of benzene rings is 2. The molecule has 1 aliphatic carbocycles. The first kappa shape index (κ1) is 21.5. The molecule has 1 aliphatic rings. The van der Waals surface area contributed by atoms with Crippen LogP contribution >= 0.6 is 0 Å². The van der Waals surface area contributed by atoms with Gasteiger partial charge in [-0.3, -0.25) is 15.0 Å². The number of carbonyl (C=O) groups excluding carboxylic acids is 2. The number of H-pyrrole nitrogens is 1. The molecule has 1 unspecified atom stereocenters. The van der Waals surface area contributed by atoms with E-state index in [-0.39, 0.29) is 23.5 Å². The molecule has 1 aromatic heterocycles. The van der Waals surface area contributed by atoms with Crippen molar-refractivity contribution in [2.75, 3.05) is 0 Å². The minimum atomic E-state index is -0.663. The van der Waals surface area contributed by atoms with Crippen molar-refractivity contribution in [3.8, 4) is 0 Å². The summed E-state index contributed by atoms with van der Waals surface area (Å²) < 4.78 is 13.4. The highest BCUT2D eigenvalue weighted by atomic mass is 19.1. The second-order valence-electron chi connectivity index (χ2n) is 7.93. The van der Waals surface area contributed by atoms with Gasteiger partial charge in [-0.1, -0.05) is 49.6 Å². The van der Waals surface area contributed by atoms with E-state index >= 15 is 0 Å². The number of urea groups is 1. The number of amides is 3. The zero-order valence-corrected chi connectivity index (χ0v) is 17.4.